The highest BCUT2D eigenvalue weighted by molar-refractivity contribution is 5.75. The number of rotatable bonds is 13. The van der Waals surface area contributed by atoms with Gasteiger partial charge in [0.15, 0.2) is 0 Å². The Hall–Kier alpha value is -1.10. The van der Waals surface area contributed by atoms with Crippen molar-refractivity contribution in [1.29, 1.82) is 0 Å². The van der Waals surface area contributed by atoms with Crippen molar-refractivity contribution in [3.8, 4) is 0 Å². The molecule has 0 spiro atoms. The largest absolute Gasteiger partial charge is 0.480 e. The van der Waals surface area contributed by atoms with Crippen LogP contribution in [-0.4, -0.2) is 47.6 Å². The number of aliphatic carboxylic acids is 1. The van der Waals surface area contributed by atoms with Crippen molar-refractivity contribution >= 4 is 11.9 Å². The van der Waals surface area contributed by atoms with Gasteiger partial charge in [0, 0.05) is 13.0 Å². The monoisotopic (exact) mass is 300 g/mol. The highest BCUT2D eigenvalue weighted by Gasteiger charge is 2.23. The molecule has 124 valence electrons. The Morgan fingerprint density at radius 1 is 1.05 bits per heavy atom. The first kappa shape index (κ1) is 19.9. The van der Waals surface area contributed by atoms with Crippen LogP contribution >= 0.6 is 0 Å². The minimum absolute atomic E-state index is 0.0888. The van der Waals surface area contributed by atoms with E-state index in [0.29, 0.717) is 19.4 Å². The Bertz CT molecular complexity index is 289. The van der Waals surface area contributed by atoms with Gasteiger partial charge in [-0.1, -0.05) is 20.8 Å². The average Bonchev–Trinajstić information content (AvgIpc) is 2.42. The van der Waals surface area contributed by atoms with Crippen LogP contribution in [0.15, 0.2) is 0 Å². The topological polar surface area (TPSA) is 69.6 Å². The van der Waals surface area contributed by atoms with Crippen LogP contribution < -0.4 is 5.32 Å². The number of nitrogens with zero attached hydrogens (tertiary/aromatic N) is 1. The van der Waals surface area contributed by atoms with Crippen LogP contribution in [0.3, 0.4) is 0 Å². The maximum Gasteiger partial charge on any atom is 0.320 e. The van der Waals surface area contributed by atoms with Gasteiger partial charge in [-0.25, -0.2) is 0 Å². The van der Waals surface area contributed by atoms with Crippen LogP contribution in [0.4, 0.5) is 0 Å². The highest BCUT2D eigenvalue weighted by atomic mass is 16.4. The molecule has 0 aromatic carbocycles. The molecular formula is C16H32N2O3. The van der Waals surface area contributed by atoms with Gasteiger partial charge in [0.1, 0.15) is 6.04 Å². The molecule has 0 aliphatic heterocycles. The summed E-state index contributed by atoms with van der Waals surface area (Å²) in [5, 5.41) is 12.3. The van der Waals surface area contributed by atoms with E-state index in [4.69, 9.17) is 0 Å². The number of unbranched alkanes of at least 4 members (excludes halogenated alkanes) is 1. The fourth-order valence-corrected chi connectivity index (χ4v) is 2.47. The summed E-state index contributed by atoms with van der Waals surface area (Å²) < 4.78 is 0. The third-order valence-electron chi connectivity index (χ3n) is 3.45. The molecule has 2 N–H and O–H groups in total. The lowest BCUT2D eigenvalue weighted by Gasteiger charge is -2.28. The molecule has 5 nitrogen and oxygen atoms in total. The number of carboxylic acids is 1. The maximum absolute atomic E-state index is 11.4. The normalized spacial score (nSPS) is 12.4. The lowest BCUT2D eigenvalue weighted by molar-refractivity contribution is -0.143. The number of hydrogen-bond donors (Lipinski definition) is 2. The summed E-state index contributed by atoms with van der Waals surface area (Å²) >= 11 is 0. The zero-order chi connectivity index (χ0) is 16.1. The molecule has 0 saturated carbocycles. The van der Waals surface area contributed by atoms with Crippen LogP contribution in [0, 0.1) is 0 Å². The van der Waals surface area contributed by atoms with E-state index >= 15 is 0 Å². The van der Waals surface area contributed by atoms with Gasteiger partial charge in [0.25, 0.3) is 0 Å². The predicted octanol–water partition coefficient (Wildman–Crippen LogP) is 2.65. The van der Waals surface area contributed by atoms with Gasteiger partial charge < -0.3 is 10.4 Å². The summed E-state index contributed by atoms with van der Waals surface area (Å²) in [5.74, 6) is -0.641. The first-order chi connectivity index (χ1) is 10.1. The Kier molecular flexibility index (Phi) is 12.0. The number of amides is 1. The van der Waals surface area contributed by atoms with Gasteiger partial charge in [-0.15, -0.1) is 0 Å². The van der Waals surface area contributed by atoms with Gasteiger partial charge >= 0.3 is 5.97 Å². The summed E-state index contributed by atoms with van der Waals surface area (Å²) in [6.45, 7) is 8.44. The Labute approximate surface area is 129 Å². The first-order valence-electron chi connectivity index (χ1n) is 8.30. The molecule has 0 aromatic heterocycles. The highest BCUT2D eigenvalue weighted by Crippen LogP contribution is 2.11. The zero-order valence-electron chi connectivity index (χ0n) is 13.9. The molecule has 0 aliphatic rings. The molecule has 0 bridgehead atoms. The summed E-state index contributed by atoms with van der Waals surface area (Å²) in [7, 11) is 0. The molecule has 1 amide bonds. The summed E-state index contributed by atoms with van der Waals surface area (Å²) in [4.78, 5) is 24.8. The minimum Gasteiger partial charge on any atom is -0.480 e. The molecule has 1 atom stereocenters. The zero-order valence-corrected chi connectivity index (χ0v) is 13.9. The Morgan fingerprint density at radius 2 is 1.67 bits per heavy atom. The second-order valence-corrected chi connectivity index (χ2v) is 5.49. The molecule has 0 rings (SSSR count). The smallest absolute Gasteiger partial charge is 0.320 e. The number of nitrogens with one attached hydrogen (secondary N) is 1. The SMILES string of the molecule is CCCC(=O)NCCCC[C@H](C(=O)O)N(CCC)CCC. The van der Waals surface area contributed by atoms with Crippen molar-refractivity contribution in [1.82, 2.24) is 10.2 Å². The number of carbonyl (C=O) groups is 2. The van der Waals surface area contributed by atoms with E-state index in [1.807, 2.05) is 6.92 Å². The molecule has 0 aromatic rings. The molecule has 0 fully saturated rings. The molecule has 0 aliphatic carbocycles. The van der Waals surface area contributed by atoms with Crippen molar-refractivity contribution in [2.24, 2.45) is 0 Å². The predicted molar refractivity (Wildman–Crippen MR) is 85.3 cm³/mol. The van der Waals surface area contributed by atoms with Crippen LogP contribution in [0.25, 0.3) is 0 Å². The quantitative estimate of drug-likeness (QED) is 0.513. The van der Waals surface area contributed by atoms with Crippen molar-refractivity contribution in [3.63, 3.8) is 0 Å². The van der Waals surface area contributed by atoms with Crippen molar-refractivity contribution < 1.29 is 14.7 Å². The fourth-order valence-electron chi connectivity index (χ4n) is 2.47. The Morgan fingerprint density at radius 3 is 2.14 bits per heavy atom. The summed E-state index contributed by atoms with van der Waals surface area (Å²) in [6, 6.07) is -0.392. The van der Waals surface area contributed by atoms with Crippen LogP contribution in [0.2, 0.25) is 0 Å². The van der Waals surface area contributed by atoms with E-state index < -0.39 is 12.0 Å². The maximum atomic E-state index is 11.4. The molecule has 0 unspecified atom stereocenters. The lowest BCUT2D eigenvalue weighted by Crippen LogP contribution is -2.42. The van der Waals surface area contributed by atoms with Crippen molar-refractivity contribution in [2.75, 3.05) is 19.6 Å². The summed E-state index contributed by atoms with van der Waals surface area (Å²) in [5.41, 5.74) is 0. The van der Waals surface area contributed by atoms with Crippen LogP contribution in [0.5, 0.6) is 0 Å². The molecular weight excluding hydrogens is 268 g/mol. The van der Waals surface area contributed by atoms with Gasteiger partial charge in [-0.3, -0.25) is 14.5 Å². The third-order valence-corrected chi connectivity index (χ3v) is 3.45. The van der Waals surface area contributed by atoms with E-state index in [0.717, 1.165) is 45.2 Å². The summed E-state index contributed by atoms with van der Waals surface area (Å²) in [6.07, 6.45) is 5.68. The average molecular weight is 300 g/mol. The Balaban J connectivity index is 4.08. The van der Waals surface area contributed by atoms with E-state index in [9.17, 15) is 14.7 Å². The van der Waals surface area contributed by atoms with Gasteiger partial charge in [-0.2, -0.15) is 0 Å². The molecule has 21 heavy (non-hydrogen) atoms. The molecule has 0 radical (unpaired) electrons. The van der Waals surface area contributed by atoms with Gasteiger partial charge in [-0.05, 0) is 51.6 Å². The van der Waals surface area contributed by atoms with E-state index in [2.05, 4.69) is 24.1 Å². The van der Waals surface area contributed by atoms with Gasteiger partial charge in [0.05, 0.1) is 0 Å². The van der Waals surface area contributed by atoms with Crippen molar-refractivity contribution in [2.45, 2.75) is 71.8 Å². The number of carboxylic acid groups (broad SMARTS) is 1. The molecule has 0 heterocycles. The van der Waals surface area contributed by atoms with Crippen LogP contribution in [-0.2, 0) is 9.59 Å². The van der Waals surface area contributed by atoms with E-state index in [-0.39, 0.29) is 5.91 Å². The lowest BCUT2D eigenvalue weighted by atomic mass is 10.1. The van der Waals surface area contributed by atoms with E-state index in [1.54, 1.807) is 0 Å². The van der Waals surface area contributed by atoms with Crippen LogP contribution in [0.1, 0.15) is 65.7 Å². The second kappa shape index (κ2) is 12.6. The standard InChI is InChI=1S/C16H32N2O3/c1-4-9-15(19)17-11-8-7-10-14(16(20)21)18(12-5-2)13-6-3/h14H,4-13H2,1-3H3,(H,17,19)(H,20,21)/t14-/m1/s1. The van der Waals surface area contributed by atoms with Crippen molar-refractivity contribution in [3.05, 3.63) is 0 Å². The van der Waals surface area contributed by atoms with E-state index in [1.165, 1.54) is 0 Å². The second-order valence-electron chi connectivity index (χ2n) is 5.49. The minimum atomic E-state index is -0.730. The van der Waals surface area contributed by atoms with Gasteiger partial charge in [0.2, 0.25) is 5.91 Å². The third kappa shape index (κ3) is 9.45. The molecule has 5 heteroatoms. The number of carbonyl (C=O) groups excluding carboxylic acids is 1. The number of hydrogen-bond acceptors (Lipinski definition) is 3. The molecule has 0 saturated heterocycles. The first-order valence-corrected chi connectivity index (χ1v) is 8.30. The fraction of sp³-hybridized carbons (Fsp3) is 0.875.